The summed E-state index contributed by atoms with van der Waals surface area (Å²) in [5.41, 5.74) is 0. The molecular weight excluding hydrogens is 1550 g/mol. The minimum absolute atomic E-state index is 0.0140. The molecule has 1 saturated carbocycles. The predicted molar refractivity (Wildman–Crippen MR) is 462 cm³/mol. The largest absolute Gasteiger partial charge is 0.472 e. The highest BCUT2D eigenvalue weighted by Crippen LogP contribution is 2.49. The summed E-state index contributed by atoms with van der Waals surface area (Å²) in [6.07, 6.45) is 30.2. The SMILES string of the molecule is CCCCCC/C=C\CCCCCCCCCC(=O)OC1C(O)C(O)C(OC2OC(CO)C(O)C(O)C2O)C(OP(=O)(O)OCC(COC(=O)CCCCC/C=C\CCCCCCCC)OC(=O)CCCCCCCCC(C)CCCCCCCC)C1OC1OC(COC(=O)CCCCCCCCCCCCCCCCCC)C(O)C(O)C1O. The van der Waals surface area contributed by atoms with Gasteiger partial charge in [0.05, 0.1) is 13.2 Å². The smallest absolute Gasteiger partial charge is 0.463 e. The minimum Gasteiger partial charge on any atom is -0.463 e. The summed E-state index contributed by atoms with van der Waals surface area (Å²) in [4.78, 5) is 66.5. The van der Waals surface area contributed by atoms with Gasteiger partial charge in [0.2, 0.25) is 0 Å². The van der Waals surface area contributed by atoms with Gasteiger partial charge in [-0.05, 0) is 83.0 Å². The number of carbonyl (C=O) groups excluding carboxylic acids is 4. The molecule has 0 aromatic carbocycles. The molecular formula is C93H171O25P. The first kappa shape index (κ1) is 110. The lowest BCUT2D eigenvalue weighted by atomic mass is 9.84. The third-order valence-electron chi connectivity index (χ3n) is 23.6. The minimum atomic E-state index is -5.81. The molecule has 10 N–H and O–H groups in total. The molecule has 2 saturated heterocycles. The van der Waals surface area contributed by atoms with Gasteiger partial charge in [-0.15, -0.1) is 0 Å². The van der Waals surface area contributed by atoms with Gasteiger partial charge in [0.15, 0.2) is 24.8 Å². The van der Waals surface area contributed by atoms with Crippen LogP contribution in [0.2, 0.25) is 0 Å². The van der Waals surface area contributed by atoms with E-state index in [-0.39, 0.29) is 25.7 Å². The maximum absolute atomic E-state index is 14.9. The van der Waals surface area contributed by atoms with Gasteiger partial charge in [-0.3, -0.25) is 28.2 Å². The highest BCUT2D eigenvalue weighted by molar-refractivity contribution is 7.47. The van der Waals surface area contributed by atoms with Gasteiger partial charge in [0.25, 0.3) is 0 Å². The Labute approximate surface area is 717 Å². The molecule has 19 atom stereocenters. The summed E-state index contributed by atoms with van der Waals surface area (Å²) in [5, 5.41) is 102. The predicted octanol–water partition coefficient (Wildman–Crippen LogP) is 18.0. The van der Waals surface area contributed by atoms with Gasteiger partial charge in [0, 0.05) is 25.7 Å². The second kappa shape index (κ2) is 71.0. The number of esters is 4. The Morgan fingerprint density at radius 3 is 1.10 bits per heavy atom. The fourth-order valence-corrected chi connectivity index (χ4v) is 16.8. The number of ether oxygens (including phenoxy) is 8. The molecule has 3 aliphatic rings. The topological polar surface area (TPSA) is 380 Å². The van der Waals surface area contributed by atoms with E-state index >= 15 is 0 Å². The molecule has 2 aliphatic heterocycles. The van der Waals surface area contributed by atoms with E-state index in [0.29, 0.717) is 38.0 Å². The zero-order valence-electron chi connectivity index (χ0n) is 74.6. The molecule has 0 aromatic rings. The number of rotatable bonds is 77. The summed E-state index contributed by atoms with van der Waals surface area (Å²) >= 11 is 0. The number of hydrogen-bond donors (Lipinski definition) is 10. The van der Waals surface area contributed by atoms with Gasteiger partial charge in [-0.25, -0.2) is 4.57 Å². The number of phosphoric ester groups is 1. The average molecular weight is 1720 g/mol. The highest BCUT2D eigenvalue weighted by Gasteiger charge is 2.60. The standard InChI is InChI=1S/C93H171O25P/c1-6-10-14-18-22-25-28-31-33-35-37-40-43-46-53-59-65-77(96)110-71-75-81(100)83(102)87(106)93(114-75)117-90-88(115-79(98)67-61-54-47-44-41-38-34-32-29-26-23-19-15-11-7-2)84(103)85(104)89(116-92-86(105)82(101)80(99)74(68-94)113-92)91(90)118-119(107,108)111-70-73(69-109-76(95)64-58-52-45-42-39-36-30-27-24-20-16-12-8-3)112-78(97)66-60-55-49-48-51-57-63-72(5)62-56-50-21-17-13-9-4/h26,29,36,39,72-75,80-94,99-106H,6-25,27-28,30-35,37-38,40-71H2,1-5H3,(H,107,108)/b29-26-,39-36-. The van der Waals surface area contributed by atoms with Gasteiger partial charge in [0.1, 0.15) is 92.6 Å². The van der Waals surface area contributed by atoms with Crippen LogP contribution >= 0.6 is 7.82 Å². The zero-order chi connectivity index (χ0) is 86.9. The lowest BCUT2D eigenvalue weighted by Gasteiger charge is -2.50. The summed E-state index contributed by atoms with van der Waals surface area (Å²) in [6.45, 7) is 7.90. The second-order valence-electron chi connectivity index (χ2n) is 34.5. The molecule has 0 bridgehead atoms. The number of hydrogen-bond acceptors (Lipinski definition) is 24. The van der Waals surface area contributed by atoms with E-state index in [9.17, 15) is 74.6 Å². The highest BCUT2D eigenvalue weighted by atomic mass is 31.2. The maximum atomic E-state index is 14.9. The van der Waals surface area contributed by atoms with Crippen molar-refractivity contribution in [1.29, 1.82) is 0 Å². The molecule has 19 unspecified atom stereocenters. The van der Waals surface area contributed by atoms with Crippen molar-refractivity contribution in [1.82, 2.24) is 0 Å². The van der Waals surface area contributed by atoms with Crippen molar-refractivity contribution >= 4 is 31.7 Å². The number of allylic oxidation sites excluding steroid dienone is 4. The fraction of sp³-hybridized carbons (Fsp3) is 0.914. The Morgan fingerprint density at radius 1 is 0.353 bits per heavy atom. The molecule has 1 aliphatic carbocycles. The molecule has 0 amide bonds. The van der Waals surface area contributed by atoms with Crippen molar-refractivity contribution in [3.63, 3.8) is 0 Å². The van der Waals surface area contributed by atoms with E-state index in [1.54, 1.807) is 0 Å². The number of unbranched alkanes of at least 4 members (excludes halogenated alkanes) is 45. The fourth-order valence-electron chi connectivity index (χ4n) is 15.8. The summed E-state index contributed by atoms with van der Waals surface area (Å²) in [5.74, 6) is -2.32. The second-order valence-corrected chi connectivity index (χ2v) is 35.9. The Balaban J connectivity index is 1.92. The number of carbonyl (C=O) groups is 4. The quantitative estimate of drug-likeness (QED) is 0.00889. The van der Waals surface area contributed by atoms with Crippen LogP contribution in [0.3, 0.4) is 0 Å². The van der Waals surface area contributed by atoms with E-state index in [1.165, 1.54) is 173 Å². The van der Waals surface area contributed by atoms with E-state index in [2.05, 4.69) is 58.9 Å². The van der Waals surface area contributed by atoms with Crippen molar-refractivity contribution in [2.75, 3.05) is 26.4 Å². The van der Waals surface area contributed by atoms with Crippen LogP contribution < -0.4 is 0 Å². The van der Waals surface area contributed by atoms with Crippen molar-refractivity contribution < 1.29 is 122 Å². The Kier molecular flexibility index (Phi) is 65.7. The molecule has 3 rings (SSSR count). The van der Waals surface area contributed by atoms with E-state index in [4.69, 9.17) is 46.9 Å². The van der Waals surface area contributed by atoms with Crippen LogP contribution in [0.5, 0.6) is 0 Å². The summed E-state index contributed by atoms with van der Waals surface area (Å²) in [6, 6.07) is 0. The van der Waals surface area contributed by atoms with Crippen molar-refractivity contribution in [3.05, 3.63) is 24.3 Å². The normalized spacial score (nSPS) is 25.2. The van der Waals surface area contributed by atoms with E-state index in [0.717, 1.165) is 141 Å². The van der Waals surface area contributed by atoms with Gasteiger partial charge in [-0.2, -0.15) is 0 Å². The molecule has 0 aromatic heterocycles. The zero-order valence-corrected chi connectivity index (χ0v) is 75.5. The lowest BCUT2D eigenvalue weighted by molar-refractivity contribution is -0.360. The van der Waals surface area contributed by atoms with Crippen molar-refractivity contribution in [2.24, 2.45) is 5.92 Å². The first-order valence-corrected chi connectivity index (χ1v) is 49.5. The van der Waals surface area contributed by atoms with Crippen LogP contribution in [0, 0.1) is 5.92 Å². The molecule has 698 valence electrons. The Morgan fingerprint density at radius 2 is 0.681 bits per heavy atom. The third-order valence-corrected chi connectivity index (χ3v) is 24.6. The van der Waals surface area contributed by atoms with Crippen LogP contribution in [0.25, 0.3) is 0 Å². The van der Waals surface area contributed by atoms with E-state index < -0.39 is 162 Å². The van der Waals surface area contributed by atoms with Crippen LogP contribution in [0.1, 0.15) is 407 Å². The maximum Gasteiger partial charge on any atom is 0.472 e. The van der Waals surface area contributed by atoms with Crippen LogP contribution in [0.15, 0.2) is 24.3 Å². The van der Waals surface area contributed by atoms with Crippen molar-refractivity contribution in [2.45, 2.75) is 511 Å². The van der Waals surface area contributed by atoms with Crippen molar-refractivity contribution in [3.8, 4) is 0 Å². The molecule has 26 heteroatoms. The number of aliphatic hydroxyl groups excluding tert-OH is 9. The van der Waals surface area contributed by atoms with Crippen LogP contribution in [-0.4, -0.2) is 205 Å². The summed E-state index contributed by atoms with van der Waals surface area (Å²) in [7, 11) is -5.81. The van der Waals surface area contributed by atoms with Crippen LogP contribution in [-0.2, 0) is 70.7 Å². The molecule has 119 heavy (non-hydrogen) atoms. The van der Waals surface area contributed by atoms with Gasteiger partial charge >= 0.3 is 31.7 Å². The monoisotopic (exact) mass is 1720 g/mol. The van der Waals surface area contributed by atoms with Gasteiger partial charge in [-0.1, -0.05) is 329 Å². The van der Waals surface area contributed by atoms with Crippen LogP contribution in [0.4, 0.5) is 0 Å². The Hall–Kier alpha value is -3.05. The third kappa shape index (κ3) is 51.4. The Bertz CT molecular complexity index is 2580. The van der Waals surface area contributed by atoms with E-state index in [1.807, 2.05) is 0 Å². The molecule has 25 nitrogen and oxygen atoms in total. The first-order valence-electron chi connectivity index (χ1n) is 48.0. The molecule has 0 radical (unpaired) electrons. The molecule has 3 fully saturated rings. The molecule has 0 spiro atoms. The average Bonchev–Trinajstić information content (AvgIpc) is 0.752. The summed E-state index contributed by atoms with van der Waals surface area (Å²) < 4.78 is 73.5. The number of phosphoric acid groups is 1. The molecule has 2 heterocycles. The first-order chi connectivity index (χ1) is 57.6. The lowest BCUT2D eigenvalue weighted by Crippen LogP contribution is -2.70. The number of aliphatic hydroxyl groups is 9. The van der Waals surface area contributed by atoms with Gasteiger partial charge < -0.3 is 88.7 Å².